The topological polar surface area (TPSA) is 83.2 Å². The summed E-state index contributed by atoms with van der Waals surface area (Å²) >= 11 is 0. The van der Waals surface area contributed by atoms with Gasteiger partial charge < -0.3 is 21.3 Å². The first kappa shape index (κ1) is 21.1. The van der Waals surface area contributed by atoms with Crippen LogP contribution < -0.4 is 16.0 Å². The van der Waals surface area contributed by atoms with Crippen LogP contribution in [0, 0.1) is 6.92 Å². The Morgan fingerprint density at radius 1 is 1.33 bits per heavy atom. The molecule has 2 heterocycles. The van der Waals surface area contributed by atoms with Crippen LogP contribution >= 0.6 is 0 Å². The molecule has 0 fully saturated rings. The van der Waals surface area contributed by atoms with Crippen molar-refractivity contribution in [3.05, 3.63) is 82.8 Å². The molecular formula is C23H28N6O. The lowest BCUT2D eigenvalue weighted by atomic mass is 10.1. The van der Waals surface area contributed by atoms with Gasteiger partial charge in [-0.15, -0.1) is 0 Å². The van der Waals surface area contributed by atoms with Crippen LogP contribution in [0.1, 0.15) is 41.4 Å². The van der Waals surface area contributed by atoms with E-state index in [1.165, 1.54) is 0 Å². The number of hydrogen-bond acceptors (Lipinski definition) is 4. The van der Waals surface area contributed by atoms with E-state index in [0.29, 0.717) is 5.56 Å². The van der Waals surface area contributed by atoms with Crippen molar-refractivity contribution in [1.82, 2.24) is 10.3 Å². The average Bonchev–Trinajstić information content (AvgIpc) is 2.71. The highest BCUT2D eigenvalue weighted by atomic mass is 16.1. The van der Waals surface area contributed by atoms with E-state index < -0.39 is 0 Å². The third-order valence-corrected chi connectivity index (χ3v) is 4.63. The van der Waals surface area contributed by atoms with Crippen LogP contribution in [0.25, 0.3) is 5.32 Å². The Kier molecular flexibility index (Phi) is 6.85. The third kappa shape index (κ3) is 5.47. The number of rotatable bonds is 9. The lowest BCUT2D eigenvalue weighted by molar-refractivity contribution is -0.429. The minimum atomic E-state index is -0.186. The number of anilines is 2. The maximum absolute atomic E-state index is 12.6. The van der Waals surface area contributed by atoms with E-state index in [1.807, 2.05) is 81.3 Å². The van der Waals surface area contributed by atoms with Gasteiger partial charge in [0.15, 0.2) is 18.1 Å². The molecule has 1 aliphatic heterocycles. The SMILES string of the molecule is CCNc1ncc(C(=O)Nc2cccc(C(C)[N-]C=CNC3=C[N+](C)=C3)c2)cc1C. The molecule has 3 rings (SSSR count). The summed E-state index contributed by atoms with van der Waals surface area (Å²) in [4.78, 5) is 17.0. The number of aromatic nitrogens is 1. The van der Waals surface area contributed by atoms with Gasteiger partial charge in [0, 0.05) is 18.4 Å². The van der Waals surface area contributed by atoms with Gasteiger partial charge in [-0.05, 0) is 43.8 Å². The molecule has 156 valence electrons. The molecule has 30 heavy (non-hydrogen) atoms. The van der Waals surface area contributed by atoms with Crippen molar-refractivity contribution in [1.29, 1.82) is 0 Å². The Balaban J connectivity index is 1.58. The second-order valence-electron chi connectivity index (χ2n) is 7.16. The summed E-state index contributed by atoms with van der Waals surface area (Å²) in [5.74, 6) is 0.613. The maximum atomic E-state index is 12.6. The predicted molar refractivity (Wildman–Crippen MR) is 122 cm³/mol. The molecule has 2 aromatic rings. The number of carbonyl (C=O) groups excluding carboxylic acids is 1. The molecule has 1 amide bonds. The maximum Gasteiger partial charge on any atom is 0.257 e. The zero-order valence-corrected chi connectivity index (χ0v) is 17.8. The molecular weight excluding hydrogens is 376 g/mol. The van der Waals surface area contributed by atoms with E-state index in [2.05, 4.69) is 26.3 Å². The number of allylic oxidation sites excluding steroid dienone is 1. The van der Waals surface area contributed by atoms with Gasteiger partial charge in [-0.2, -0.15) is 6.20 Å². The number of carbonyl (C=O) groups is 1. The standard InChI is InChI=1S/C23H28N6O/c1-5-24-22-16(2)11-19(13-27-22)23(30)28-20-8-6-7-18(12-20)17(3)25-9-10-26-21-14-29(4)15-21/h6-15,17,26H,5H2,1-4H3,(H2,24,27,28,30). The minimum absolute atomic E-state index is 0.0368. The molecule has 7 nitrogen and oxygen atoms in total. The molecule has 0 aliphatic carbocycles. The fourth-order valence-electron chi connectivity index (χ4n) is 3.02. The molecule has 0 radical (unpaired) electrons. The van der Waals surface area contributed by atoms with E-state index in [-0.39, 0.29) is 11.9 Å². The zero-order chi connectivity index (χ0) is 21.5. The van der Waals surface area contributed by atoms with Crippen LogP contribution in [0.15, 0.2) is 60.8 Å². The summed E-state index contributed by atoms with van der Waals surface area (Å²) < 4.78 is 1.98. The Hall–Kier alpha value is -3.61. The number of pyridine rings is 1. The van der Waals surface area contributed by atoms with Crippen LogP contribution in [0.2, 0.25) is 0 Å². The summed E-state index contributed by atoms with van der Waals surface area (Å²) in [6, 6.07) is 9.53. The normalized spacial score (nSPS) is 13.7. The lowest BCUT2D eigenvalue weighted by Gasteiger charge is -2.26. The summed E-state index contributed by atoms with van der Waals surface area (Å²) in [5, 5.41) is 13.8. The average molecular weight is 405 g/mol. The molecule has 7 heteroatoms. The van der Waals surface area contributed by atoms with Gasteiger partial charge in [-0.1, -0.05) is 30.7 Å². The van der Waals surface area contributed by atoms with Crippen molar-refractivity contribution in [3.8, 4) is 0 Å². The van der Waals surface area contributed by atoms with Crippen molar-refractivity contribution in [2.45, 2.75) is 26.8 Å². The monoisotopic (exact) mass is 404 g/mol. The third-order valence-electron chi connectivity index (χ3n) is 4.63. The highest BCUT2D eigenvalue weighted by Gasteiger charge is 2.10. The van der Waals surface area contributed by atoms with Crippen LogP contribution in [0.5, 0.6) is 0 Å². The zero-order valence-electron chi connectivity index (χ0n) is 17.8. The van der Waals surface area contributed by atoms with Gasteiger partial charge in [0.05, 0.1) is 5.56 Å². The molecule has 0 bridgehead atoms. The second-order valence-corrected chi connectivity index (χ2v) is 7.16. The van der Waals surface area contributed by atoms with Gasteiger partial charge in [-0.3, -0.25) is 4.79 Å². The second kappa shape index (κ2) is 9.73. The summed E-state index contributed by atoms with van der Waals surface area (Å²) in [6.07, 6.45) is 9.13. The van der Waals surface area contributed by atoms with Crippen molar-refractivity contribution < 1.29 is 9.37 Å². The fourth-order valence-corrected chi connectivity index (χ4v) is 3.02. The van der Waals surface area contributed by atoms with Gasteiger partial charge in [0.2, 0.25) is 0 Å². The number of nitrogens with zero attached hydrogens (tertiary/aromatic N) is 3. The van der Waals surface area contributed by atoms with Gasteiger partial charge >= 0.3 is 0 Å². The number of nitrogens with one attached hydrogen (secondary N) is 3. The highest BCUT2D eigenvalue weighted by Crippen LogP contribution is 2.24. The van der Waals surface area contributed by atoms with Gasteiger partial charge in [-0.25, -0.2) is 9.56 Å². The minimum Gasteiger partial charge on any atom is -0.683 e. The van der Waals surface area contributed by atoms with E-state index in [4.69, 9.17) is 0 Å². The number of hydrogen-bond donors (Lipinski definition) is 3. The molecule has 1 unspecified atom stereocenters. The molecule has 0 spiro atoms. The van der Waals surface area contributed by atoms with E-state index in [0.717, 1.165) is 34.9 Å². The van der Waals surface area contributed by atoms with Crippen LogP contribution in [0.3, 0.4) is 0 Å². The first-order chi connectivity index (χ1) is 14.5. The van der Waals surface area contributed by atoms with Crippen molar-refractivity contribution in [3.63, 3.8) is 0 Å². The molecule has 1 aliphatic rings. The van der Waals surface area contributed by atoms with Crippen LogP contribution in [-0.2, 0) is 0 Å². The molecule has 3 N–H and O–H groups in total. The molecule has 0 saturated heterocycles. The largest absolute Gasteiger partial charge is 0.683 e. The van der Waals surface area contributed by atoms with E-state index in [9.17, 15) is 4.79 Å². The number of aryl methyl sites for hydroxylation is 1. The highest BCUT2D eigenvalue weighted by molar-refractivity contribution is 6.04. The van der Waals surface area contributed by atoms with Crippen LogP contribution in [0.4, 0.5) is 11.5 Å². The van der Waals surface area contributed by atoms with Gasteiger partial charge in [0.1, 0.15) is 12.9 Å². The van der Waals surface area contributed by atoms with Crippen molar-refractivity contribution in [2.24, 2.45) is 0 Å². The first-order valence-electron chi connectivity index (χ1n) is 9.98. The Morgan fingerprint density at radius 3 is 2.83 bits per heavy atom. The fraction of sp³-hybridized carbons (Fsp3) is 0.261. The predicted octanol–water partition coefficient (Wildman–Crippen LogP) is 4.14. The van der Waals surface area contributed by atoms with Crippen LogP contribution in [-0.4, -0.2) is 35.3 Å². The smallest absolute Gasteiger partial charge is 0.257 e. The molecule has 0 saturated carbocycles. The van der Waals surface area contributed by atoms with Crippen molar-refractivity contribution >= 4 is 23.6 Å². The lowest BCUT2D eigenvalue weighted by Crippen LogP contribution is -2.21. The molecule has 1 atom stereocenters. The quantitative estimate of drug-likeness (QED) is 0.549. The Bertz CT molecular complexity index is 1010. The number of amides is 1. The van der Waals surface area contributed by atoms with Crippen molar-refractivity contribution in [2.75, 3.05) is 24.2 Å². The summed E-state index contributed by atoms with van der Waals surface area (Å²) in [6.45, 7) is 6.75. The summed E-state index contributed by atoms with van der Waals surface area (Å²) in [5.41, 5.74) is 4.26. The Morgan fingerprint density at radius 2 is 2.13 bits per heavy atom. The first-order valence-corrected chi connectivity index (χ1v) is 9.98. The van der Waals surface area contributed by atoms with E-state index in [1.54, 1.807) is 12.4 Å². The summed E-state index contributed by atoms with van der Waals surface area (Å²) in [7, 11) is 1.98. The Labute approximate surface area is 177 Å². The molecule has 1 aromatic carbocycles. The molecule has 1 aromatic heterocycles. The van der Waals surface area contributed by atoms with Gasteiger partial charge in [0.25, 0.3) is 5.91 Å². The number of benzene rings is 1. The van der Waals surface area contributed by atoms with E-state index >= 15 is 0 Å².